The van der Waals surface area contributed by atoms with Crippen molar-refractivity contribution < 1.29 is 12.8 Å². The van der Waals surface area contributed by atoms with Crippen molar-refractivity contribution in [2.24, 2.45) is 5.73 Å². The molecule has 0 radical (unpaired) electrons. The molecule has 6 heteroatoms. The van der Waals surface area contributed by atoms with Gasteiger partial charge in [-0.2, -0.15) is 0 Å². The number of hydrogen-bond acceptors (Lipinski definition) is 4. The number of nitrogens with one attached hydrogen (secondary N) is 1. The molecule has 0 bridgehead atoms. The molecule has 1 aromatic carbocycles. The highest BCUT2D eigenvalue weighted by molar-refractivity contribution is 7.91. The number of nitrogens with two attached hydrogens (primary N) is 1. The number of rotatable bonds is 4. The SMILES string of the molecule is NCCc1c(F)cccc1NC1CCS(=O)(=O)C1. The number of benzene rings is 1. The van der Waals surface area contributed by atoms with Crippen LogP contribution in [0.1, 0.15) is 12.0 Å². The van der Waals surface area contributed by atoms with E-state index in [2.05, 4.69) is 5.32 Å². The molecule has 0 saturated carbocycles. The summed E-state index contributed by atoms with van der Waals surface area (Å²) < 4.78 is 36.4. The second kappa shape index (κ2) is 5.24. The van der Waals surface area contributed by atoms with Crippen molar-refractivity contribution in [1.29, 1.82) is 0 Å². The molecule has 3 N–H and O–H groups in total. The summed E-state index contributed by atoms with van der Waals surface area (Å²) in [4.78, 5) is 0. The Balaban J connectivity index is 2.17. The van der Waals surface area contributed by atoms with Crippen molar-refractivity contribution in [3.8, 4) is 0 Å². The van der Waals surface area contributed by atoms with Gasteiger partial charge in [0, 0.05) is 17.3 Å². The second-order valence-corrected chi connectivity index (χ2v) is 6.78. The van der Waals surface area contributed by atoms with Crippen LogP contribution in [0, 0.1) is 5.82 Å². The Bertz CT molecular complexity index is 531. The summed E-state index contributed by atoms with van der Waals surface area (Å²) in [5, 5.41) is 3.12. The zero-order chi connectivity index (χ0) is 13.2. The lowest BCUT2D eigenvalue weighted by molar-refractivity contribution is 0.602. The van der Waals surface area contributed by atoms with Crippen molar-refractivity contribution in [2.45, 2.75) is 18.9 Å². The molecule has 2 rings (SSSR count). The molecule has 1 fully saturated rings. The highest BCUT2D eigenvalue weighted by atomic mass is 32.2. The van der Waals surface area contributed by atoms with Gasteiger partial charge in [0.25, 0.3) is 0 Å². The highest BCUT2D eigenvalue weighted by Gasteiger charge is 2.28. The first-order chi connectivity index (χ1) is 8.52. The third-order valence-corrected chi connectivity index (χ3v) is 4.87. The van der Waals surface area contributed by atoms with Gasteiger partial charge in [-0.1, -0.05) is 6.07 Å². The minimum Gasteiger partial charge on any atom is -0.381 e. The van der Waals surface area contributed by atoms with Gasteiger partial charge in [0.05, 0.1) is 11.5 Å². The minimum absolute atomic E-state index is 0.117. The van der Waals surface area contributed by atoms with Crippen LogP contribution in [0.15, 0.2) is 18.2 Å². The molecular weight excluding hydrogens is 255 g/mol. The average Bonchev–Trinajstić information content (AvgIpc) is 2.63. The van der Waals surface area contributed by atoms with Gasteiger partial charge in [-0.25, -0.2) is 12.8 Å². The van der Waals surface area contributed by atoms with E-state index in [4.69, 9.17) is 5.73 Å². The van der Waals surface area contributed by atoms with Crippen molar-refractivity contribution in [3.05, 3.63) is 29.6 Å². The molecule has 1 aliphatic heterocycles. The quantitative estimate of drug-likeness (QED) is 0.855. The monoisotopic (exact) mass is 272 g/mol. The highest BCUT2D eigenvalue weighted by Crippen LogP contribution is 2.23. The van der Waals surface area contributed by atoms with E-state index in [1.807, 2.05) is 0 Å². The summed E-state index contributed by atoms with van der Waals surface area (Å²) in [6, 6.07) is 4.63. The summed E-state index contributed by atoms with van der Waals surface area (Å²) in [5.74, 6) is 0.0175. The van der Waals surface area contributed by atoms with Gasteiger partial charge in [-0.3, -0.25) is 0 Å². The average molecular weight is 272 g/mol. The summed E-state index contributed by atoms with van der Waals surface area (Å²) in [6.45, 7) is 0.360. The van der Waals surface area contributed by atoms with E-state index < -0.39 is 9.84 Å². The van der Waals surface area contributed by atoms with Crippen molar-refractivity contribution >= 4 is 15.5 Å². The van der Waals surface area contributed by atoms with Crippen LogP contribution in [0.5, 0.6) is 0 Å². The van der Waals surface area contributed by atoms with Gasteiger partial charge < -0.3 is 11.1 Å². The summed E-state index contributed by atoms with van der Waals surface area (Å²) in [7, 11) is -2.93. The van der Waals surface area contributed by atoms with E-state index in [0.29, 0.717) is 30.6 Å². The van der Waals surface area contributed by atoms with E-state index in [1.54, 1.807) is 12.1 Å². The summed E-state index contributed by atoms with van der Waals surface area (Å²) in [5.41, 5.74) is 6.65. The lowest BCUT2D eigenvalue weighted by atomic mass is 10.1. The molecule has 0 aromatic heterocycles. The van der Waals surface area contributed by atoms with Crippen molar-refractivity contribution in [1.82, 2.24) is 0 Å². The first-order valence-corrected chi connectivity index (χ1v) is 7.78. The van der Waals surface area contributed by atoms with E-state index in [0.717, 1.165) is 0 Å². The van der Waals surface area contributed by atoms with Crippen LogP contribution in [0.25, 0.3) is 0 Å². The van der Waals surface area contributed by atoms with Crippen LogP contribution in [-0.2, 0) is 16.3 Å². The lowest BCUT2D eigenvalue weighted by Gasteiger charge is -2.16. The Morgan fingerprint density at radius 1 is 1.44 bits per heavy atom. The first kappa shape index (κ1) is 13.3. The normalized spacial score (nSPS) is 22.0. The minimum atomic E-state index is -2.93. The molecule has 18 heavy (non-hydrogen) atoms. The van der Waals surface area contributed by atoms with Crippen LogP contribution in [0.2, 0.25) is 0 Å². The molecular formula is C12H17FN2O2S. The molecule has 1 aliphatic rings. The topological polar surface area (TPSA) is 72.2 Å². The van der Waals surface area contributed by atoms with Crippen LogP contribution in [0.3, 0.4) is 0 Å². The molecule has 1 aromatic rings. The van der Waals surface area contributed by atoms with Crippen LogP contribution in [0.4, 0.5) is 10.1 Å². The standard InChI is InChI=1S/C12H17FN2O2S/c13-11-2-1-3-12(10(11)4-6-14)15-9-5-7-18(16,17)8-9/h1-3,9,15H,4-8,14H2. The first-order valence-electron chi connectivity index (χ1n) is 5.96. The molecule has 0 spiro atoms. The maximum atomic E-state index is 13.6. The Kier molecular flexibility index (Phi) is 3.87. The van der Waals surface area contributed by atoms with E-state index >= 15 is 0 Å². The van der Waals surface area contributed by atoms with Gasteiger partial charge in [-0.05, 0) is 31.5 Å². The zero-order valence-electron chi connectivity index (χ0n) is 10.0. The van der Waals surface area contributed by atoms with E-state index in [-0.39, 0.29) is 23.4 Å². The largest absolute Gasteiger partial charge is 0.381 e. The maximum absolute atomic E-state index is 13.6. The maximum Gasteiger partial charge on any atom is 0.152 e. The fourth-order valence-electron chi connectivity index (χ4n) is 2.22. The predicted octanol–water partition coefficient (Wildman–Crippen LogP) is 0.926. The third kappa shape index (κ3) is 3.00. The smallest absolute Gasteiger partial charge is 0.152 e. The third-order valence-electron chi connectivity index (χ3n) is 3.11. The Labute approximate surface area is 106 Å². The number of anilines is 1. The van der Waals surface area contributed by atoms with Gasteiger partial charge in [0.15, 0.2) is 9.84 Å². The molecule has 4 nitrogen and oxygen atoms in total. The van der Waals surface area contributed by atoms with Crippen LogP contribution in [-0.4, -0.2) is 32.5 Å². The zero-order valence-corrected chi connectivity index (χ0v) is 10.8. The second-order valence-electron chi connectivity index (χ2n) is 4.55. The molecule has 1 saturated heterocycles. The molecule has 1 heterocycles. The Morgan fingerprint density at radius 3 is 2.83 bits per heavy atom. The summed E-state index contributed by atoms with van der Waals surface area (Å²) in [6.07, 6.45) is 1.01. The Morgan fingerprint density at radius 2 is 2.22 bits per heavy atom. The van der Waals surface area contributed by atoms with E-state index in [1.165, 1.54) is 6.07 Å². The van der Waals surface area contributed by atoms with Crippen molar-refractivity contribution in [3.63, 3.8) is 0 Å². The van der Waals surface area contributed by atoms with Gasteiger partial charge in [0.1, 0.15) is 5.82 Å². The molecule has 100 valence electrons. The molecule has 0 aliphatic carbocycles. The van der Waals surface area contributed by atoms with Crippen molar-refractivity contribution in [2.75, 3.05) is 23.4 Å². The Hall–Kier alpha value is -1.14. The fourth-order valence-corrected chi connectivity index (χ4v) is 3.89. The van der Waals surface area contributed by atoms with E-state index in [9.17, 15) is 12.8 Å². The molecule has 0 amide bonds. The van der Waals surface area contributed by atoms with Crippen LogP contribution < -0.4 is 11.1 Å². The van der Waals surface area contributed by atoms with Gasteiger partial charge >= 0.3 is 0 Å². The predicted molar refractivity (Wildman–Crippen MR) is 69.8 cm³/mol. The number of sulfone groups is 1. The molecule has 1 unspecified atom stereocenters. The van der Waals surface area contributed by atoms with Gasteiger partial charge in [-0.15, -0.1) is 0 Å². The van der Waals surface area contributed by atoms with Gasteiger partial charge in [0.2, 0.25) is 0 Å². The summed E-state index contributed by atoms with van der Waals surface area (Å²) >= 11 is 0. The van der Waals surface area contributed by atoms with Crippen LogP contribution >= 0.6 is 0 Å². The number of halogens is 1. The number of hydrogen-bond donors (Lipinski definition) is 2. The molecule has 1 atom stereocenters. The fraction of sp³-hybridized carbons (Fsp3) is 0.500. The lowest BCUT2D eigenvalue weighted by Crippen LogP contribution is -2.22.